The van der Waals surface area contributed by atoms with Crippen LogP contribution in [0, 0.1) is 0 Å². The molecular weight excluding hydrogens is 442 g/mol. The number of rotatable bonds is 9. The van der Waals surface area contributed by atoms with E-state index in [1.165, 1.54) is 18.9 Å². The first-order chi connectivity index (χ1) is 15.8. The second kappa shape index (κ2) is 11.2. The van der Waals surface area contributed by atoms with Gasteiger partial charge in [0.2, 0.25) is 5.91 Å². The van der Waals surface area contributed by atoms with E-state index in [0.717, 1.165) is 5.56 Å². The van der Waals surface area contributed by atoms with E-state index in [1.54, 1.807) is 24.3 Å². The Morgan fingerprint density at radius 2 is 1.70 bits per heavy atom. The number of carbonyl (C=O) groups is 3. The van der Waals surface area contributed by atoms with Crippen molar-refractivity contribution in [3.63, 3.8) is 0 Å². The highest BCUT2D eigenvalue weighted by molar-refractivity contribution is 8.01. The van der Waals surface area contributed by atoms with Crippen molar-refractivity contribution in [3.8, 4) is 5.75 Å². The number of amides is 2. The van der Waals surface area contributed by atoms with Gasteiger partial charge in [0.1, 0.15) is 17.8 Å². The first-order valence-electron chi connectivity index (χ1n) is 10.6. The molecule has 176 valence electrons. The van der Waals surface area contributed by atoms with Gasteiger partial charge in [-0.3, -0.25) is 19.7 Å². The van der Waals surface area contributed by atoms with E-state index < -0.39 is 34.1 Å². The van der Waals surface area contributed by atoms with Crippen LogP contribution >= 0.6 is 11.8 Å². The lowest BCUT2D eigenvalue weighted by Gasteiger charge is -2.25. The summed E-state index contributed by atoms with van der Waals surface area (Å²) in [6, 6.07) is 16.9. The lowest BCUT2D eigenvalue weighted by atomic mass is 10.0. The molecule has 0 bridgehead atoms. The van der Waals surface area contributed by atoms with E-state index >= 15 is 0 Å². The molecule has 9 heteroatoms. The predicted molar refractivity (Wildman–Crippen MR) is 127 cm³/mol. The summed E-state index contributed by atoms with van der Waals surface area (Å²) < 4.78 is 9.88. The van der Waals surface area contributed by atoms with Crippen LogP contribution in [-0.4, -0.2) is 53.7 Å². The van der Waals surface area contributed by atoms with Crippen molar-refractivity contribution >= 4 is 29.5 Å². The molecule has 1 heterocycles. The smallest absolute Gasteiger partial charge is 0.324 e. The number of hydrogen-bond donors (Lipinski definition) is 3. The topological polar surface area (TPSA) is 106 Å². The maximum absolute atomic E-state index is 13.1. The molecule has 3 atom stereocenters. The normalized spacial score (nSPS) is 19.8. The van der Waals surface area contributed by atoms with Crippen LogP contribution in [0.3, 0.4) is 0 Å². The monoisotopic (exact) mass is 471 g/mol. The Balaban J connectivity index is 1.70. The first-order valence-corrected chi connectivity index (χ1v) is 11.5. The Morgan fingerprint density at radius 1 is 1.06 bits per heavy atom. The third-order valence-corrected chi connectivity index (χ3v) is 6.72. The van der Waals surface area contributed by atoms with Gasteiger partial charge in [0.25, 0.3) is 5.91 Å². The molecule has 3 N–H and O–H groups in total. The third kappa shape index (κ3) is 6.72. The summed E-state index contributed by atoms with van der Waals surface area (Å²) in [5, 5.41) is 8.27. The van der Waals surface area contributed by atoms with Crippen molar-refractivity contribution in [2.75, 3.05) is 13.7 Å². The molecule has 0 aromatic heterocycles. The molecule has 8 nitrogen and oxygen atoms in total. The Labute approximate surface area is 197 Å². The molecule has 3 rings (SSSR count). The zero-order valence-electron chi connectivity index (χ0n) is 18.9. The molecule has 1 aliphatic heterocycles. The fraction of sp³-hybridized carbons (Fsp3) is 0.375. The zero-order chi connectivity index (χ0) is 23.8. The van der Waals surface area contributed by atoms with Crippen LogP contribution in [0.1, 0.15) is 19.4 Å². The van der Waals surface area contributed by atoms with Gasteiger partial charge in [-0.25, -0.2) is 0 Å². The molecule has 2 aromatic rings. The summed E-state index contributed by atoms with van der Waals surface area (Å²) in [6.07, 6.45) is 0. The number of thioether (sulfide) groups is 1. The largest absolute Gasteiger partial charge is 0.484 e. The highest BCUT2D eigenvalue weighted by Crippen LogP contribution is 2.39. The zero-order valence-corrected chi connectivity index (χ0v) is 19.7. The lowest BCUT2D eigenvalue weighted by molar-refractivity contribution is -0.143. The van der Waals surface area contributed by atoms with E-state index in [2.05, 4.69) is 16.0 Å². The number of nitrogens with one attached hydrogen (secondary N) is 3. The minimum Gasteiger partial charge on any atom is -0.484 e. The van der Waals surface area contributed by atoms with Gasteiger partial charge in [-0.15, -0.1) is 11.8 Å². The SMILES string of the molecule is COC(=O)C1N[C@@H]([C@@H](NC(=O)COc2ccccc2)C(=O)NCc2ccccc2)SC1(C)C. The van der Waals surface area contributed by atoms with Crippen LogP contribution in [0.25, 0.3) is 0 Å². The van der Waals surface area contributed by atoms with Crippen LogP contribution in [0.4, 0.5) is 0 Å². The van der Waals surface area contributed by atoms with Crippen molar-refractivity contribution in [2.45, 2.75) is 42.6 Å². The molecular formula is C24H29N3O5S. The summed E-state index contributed by atoms with van der Waals surface area (Å²) in [5.41, 5.74) is 0.933. The maximum Gasteiger partial charge on any atom is 0.324 e. The number of esters is 1. The Bertz CT molecular complexity index is 955. The molecule has 0 radical (unpaired) electrons. The van der Waals surface area contributed by atoms with Crippen molar-refractivity contribution < 1.29 is 23.9 Å². The summed E-state index contributed by atoms with van der Waals surface area (Å²) in [5.74, 6) is -0.672. The number of benzene rings is 2. The number of para-hydroxylation sites is 1. The molecule has 1 unspecified atom stereocenters. The Kier molecular flexibility index (Phi) is 8.35. The molecule has 0 aliphatic carbocycles. The third-order valence-electron chi connectivity index (χ3n) is 5.22. The molecule has 2 amide bonds. The van der Waals surface area contributed by atoms with E-state index in [9.17, 15) is 14.4 Å². The maximum atomic E-state index is 13.1. The van der Waals surface area contributed by atoms with E-state index in [0.29, 0.717) is 12.3 Å². The summed E-state index contributed by atoms with van der Waals surface area (Å²) in [7, 11) is 1.32. The van der Waals surface area contributed by atoms with Gasteiger partial charge in [-0.2, -0.15) is 0 Å². The highest BCUT2D eigenvalue weighted by Gasteiger charge is 2.49. The molecule has 1 fully saturated rings. The summed E-state index contributed by atoms with van der Waals surface area (Å²) >= 11 is 1.41. The van der Waals surface area contributed by atoms with Crippen LogP contribution in [0.5, 0.6) is 5.75 Å². The second-order valence-corrected chi connectivity index (χ2v) is 9.91. The minimum atomic E-state index is -0.931. The minimum absolute atomic E-state index is 0.242. The summed E-state index contributed by atoms with van der Waals surface area (Å²) in [6.45, 7) is 3.86. The van der Waals surface area contributed by atoms with Crippen LogP contribution in [0.2, 0.25) is 0 Å². The van der Waals surface area contributed by atoms with E-state index in [-0.39, 0.29) is 12.5 Å². The average molecular weight is 472 g/mol. The van der Waals surface area contributed by atoms with Gasteiger partial charge >= 0.3 is 5.97 Å². The fourth-order valence-electron chi connectivity index (χ4n) is 3.48. The number of methoxy groups -OCH3 is 1. The molecule has 0 spiro atoms. The van der Waals surface area contributed by atoms with Gasteiger partial charge in [0.15, 0.2) is 6.61 Å². The lowest BCUT2D eigenvalue weighted by Crippen LogP contribution is -2.57. The molecule has 2 aromatic carbocycles. The standard InChI is InChI=1S/C24H29N3O5S/c1-24(2)20(23(30)31-3)27-22(33-24)19(21(29)25-14-16-10-6-4-7-11-16)26-18(28)15-32-17-12-8-5-9-13-17/h4-13,19-20,22,27H,14-15H2,1-3H3,(H,25,29)(H,26,28)/t19-,20?,22+/m0/s1. The Morgan fingerprint density at radius 3 is 2.33 bits per heavy atom. The van der Waals surface area contributed by atoms with Crippen LogP contribution in [-0.2, 0) is 25.7 Å². The first kappa shape index (κ1) is 24.6. The molecule has 1 saturated heterocycles. The predicted octanol–water partition coefficient (Wildman–Crippen LogP) is 1.85. The summed E-state index contributed by atoms with van der Waals surface area (Å²) in [4.78, 5) is 38.0. The highest BCUT2D eigenvalue weighted by atomic mass is 32.2. The van der Waals surface area contributed by atoms with Gasteiger partial charge in [0.05, 0.1) is 12.5 Å². The van der Waals surface area contributed by atoms with Crippen molar-refractivity contribution in [1.82, 2.24) is 16.0 Å². The molecule has 1 aliphatic rings. The van der Waals surface area contributed by atoms with Crippen molar-refractivity contribution in [2.24, 2.45) is 0 Å². The number of ether oxygens (including phenoxy) is 2. The number of hydrogen-bond acceptors (Lipinski definition) is 7. The van der Waals surface area contributed by atoms with Crippen LogP contribution in [0.15, 0.2) is 60.7 Å². The van der Waals surface area contributed by atoms with Gasteiger partial charge < -0.3 is 20.1 Å². The quantitative estimate of drug-likeness (QED) is 0.479. The average Bonchev–Trinajstić information content (AvgIpc) is 3.15. The van der Waals surface area contributed by atoms with E-state index in [1.807, 2.05) is 50.2 Å². The van der Waals surface area contributed by atoms with Crippen molar-refractivity contribution in [3.05, 3.63) is 66.2 Å². The Hall–Kier alpha value is -3.04. The van der Waals surface area contributed by atoms with Gasteiger partial charge in [0, 0.05) is 11.3 Å². The van der Waals surface area contributed by atoms with E-state index in [4.69, 9.17) is 9.47 Å². The fourth-order valence-corrected chi connectivity index (χ4v) is 4.97. The molecule has 0 saturated carbocycles. The van der Waals surface area contributed by atoms with Crippen molar-refractivity contribution in [1.29, 1.82) is 0 Å². The van der Waals surface area contributed by atoms with Gasteiger partial charge in [-0.1, -0.05) is 48.5 Å². The van der Waals surface area contributed by atoms with Crippen LogP contribution < -0.4 is 20.7 Å². The van der Waals surface area contributed by atoms with Gasteiger partial charge in [-0.05, 0) is 31.5 Å². The molecule has 33 heavy (non-hydrogen) atoms. The second-order valence-electron chi connectivity index (χ2n) is 8.12. The number of carbonyl (C=O) groups excluding carboxylic acids is 3.